The number of anilines is 1. The van der Waals surface area contributed by atoms with Gasteiger partial charge in [-0.15, -0.1) is 0 Å². The Kier molecular flexibility index (Phi) is 10.1. The zero-order chi connectivity index (χ0) is 34.2. The molecule has 6 N–H and O–H groups in total. The van der Waals surface area contributed by atoms with Crippen LogP contribution in [0.3, 0.4) is 0 Å². The van der Waals surface area contributed by atoms with Crippen molar-refractivity contribution in [1.82, 2.24) is 5.32 Å². The van der Waals surface area contributed by atoms with E-state index in [1.807, 2.05) is 0 Å². The number of rotatable bonds is 11. The predicted octanol–water partition coefficient (Wildman–Crippen LogP) is 2.97. The van der Waals surface area contributed by atoms with Crippen LogP contribution in [0.15, 0.2) is 35.2 Å². The van der Waals surface area contributed by atoms with E-state index in [9.17, 15) is 51.0 Å². The number of ketones is 1. The van der Waals surface area contributed by atoms with Gasteiger partial charge in [0.15, 0.2) is 28.2 Å². The number of aliphatic hydroxyl groups is 2. The van der Waals surface area contributed by atoms with E-state index in [4.69, 9.17) is 17.3 Å². The number of nitrogens with two attached hydrogens (primary N) is 1. The molecule has 2 saturated carbocycles. The molecule has 0 radical (unpaired) electrons. The third-order valence-corrected chi connectivity index (χ3v) is 11.4. The lowest BCUT2D eigenvalue weighted by atomic mass is 9.70. The summed E-state index contributed by atoms with van der Waals surface area (Å²) in [6.45, 7) is 0. The molecule has 4 rings (SSSR count). The highest BCUT2D eigenvalue weighted by Gasteiger charge is 2.61. The van der Waals surface area contributed by atoms with Gasteiger partial charge in [-0.2, -0.15) is 0 Å². The number of sulfone groups is 1. The second kappa shape index (κ2) is 13.2. The lowest BCUT2D eigenvalue weighted by Crippen LogP contribution is -2.55. The van der Waals surface area contributed by atoms with Crippen molar-refractivity contribution >= 4 is 50.8 Å². The predicted molar refractivity (Wildman–Crippen MR) is 156 cm³/mol. The van der Waals surface area contributed by atoms with Crippen LogP contribution in [-0.4, -0.2) is 66.0 Å². The number of hydrogen-bond acceptors (Lipinski definition) is 9. The maximum atomic E-state index is 13.9. The minimum absolute atomic E-state index is 0.156. The van der Waals surface area contributed by atoms with E-state index < -0.39 is 109 Å². The molecule has 46 heavy (non-hydrogen) atoms. The van der Waals surface area contributed by atoms with Crippen LogP contribution < -0.4 is 16.4 Å². The van der Waals surface area contributed by atoms with Crippen LogP contribution in [0.4, 0.5) is 23.7 Å². The van der Waals surface area contributed by atoms with Crippen molar-refractivity contribution in [1.29, 1.82) is 0 Å². The first-order valence-electron chi connectivity index (χ1n) is 14.0. The summed E-state index contributed by atoms with van der Waals surface area (Å²) in [5.74, 6) is -8.91. The summed E-state index contributed by atoms with van der Waals surface area (Å²) < 4.78 is 72.7. The fraction of sp³-hybridized carbons (Fsp3) is 0.448. The molecular weight excluding hydrogens is 659 g/mol. The lowest BCUT2D eigenvalue weighted by molar-refractivity contribution is -0.131. The Balaban J connectivity index is 1.53. The first-order valence-corrected chi connectivity index (χ1v) is 15.9. The van der Waals surface area contributed by atoms with Gasteiger partial charge in [0.05, 0.1) is 35.1 Å². The van der Waals surface area contributed by atoms with E-state index in [0.717, 1.165) is 25.3 Å². The molecule has 3 amide bonds. The average Bonchev–Trinajstić information content (AvgIpc) is 3.13. The third kappa shape index (κ3) is 6.84. The number of ether oxygens (including phenoxy) is 1. The molecule has 2 aliphatic carbocycles. The Bertz CT molecular complexity index is 1650. The number of Topliss-reactive ketones (excluding diaryl/α,β-unsaturated/α-hetero) is 1. The number of methoxy groups -OCH3 is 1. The molecule has 2 aromatic rings. The number of hydrogen-bond donors (Lipinski definition) is 5. The number of carbonyl (C=O) groups excluding carboxylic acids is 4. The number of benzene rings is 2. The highest BCUT2D eigenvalue weighted by Crippen LogP contribution is 2.57. The second-order valence-corrected chi connectivity index (χ2v) is 14.1. The van der Waals surface area contributed by atoms with Crippen molar-refractivity contribution in [2.45, 2.75) is 66.4 Å². The van der Waals surface area contributed by atoms with Crippen LogP contribution in [0.2, 0.25) is 5.02 Å². The Hall–Kier alpha value is -3.73. The first-order chi connectivity index (χ1) is 21.4. The molecule has 0 heterocycles. The van der Waals surface area contributed by atoms with Gasteiger partial charge in [-0.1, -0.05) is 11.6 Å². The van der Waals surface area contributed by atoms with Gasteiger partial charge in [-0.25, -0.2) is 26.4 Å². The molecule has 2 fully saturated rings. The van der Waals surface area contributed by atoms with Crippen molar-refractivity contribution in [3.05, 3.63) is 58.4 Å². The van der Waals surface area contributed by atoms with Crippen molar-refractivity contribution in [3.8, 4) is 0 Å². The van der Waals surface area contributed by atoms with Gasteiger partial charge >= 0.3 is 6.09 Å². The Morgan fingerprint density at radius 3 is 2.20 bits per heavy atom. The minimum Gasteiger partial charge on any atom is -0.453 e. The summed E-state index contributed by atoms with van der Waals surface area (Å²) in [7, 11) is -3.64. The fourth-order valence-electron chi connectivity index (χ4n) is 6.31. The highest BCUT2D eigenvalue weighted by atomic mass is 35.5. The minimum atomic E-state index is -4.71. The number of amides is 3. The number of carbonyl (C=O) groups is 4. The van der Waals surface area contributed by atoms with Gasteiger partial charge < -0.3 is 31.3 Å². The summed E-state index contributed by atoms with van der Waals surface area (Å²) >= 11 is 6.21. The number of halogens is 4. The molecule has 0 spiro atoms. The lowest BCUT2D eigenvalue weighted by Gasteiger charge is -2.46. The monoisotopic (exact) mass is 689 g/mol. The fourth-order valence-corrected chi connectivity index (χ4v) is 8.59. The summed E-state index contributed by atoms with van der Waals surface area (Å²) in [4.78, 5) is 45.7. The van der Waals surface area contributed by atoms with Crippen LogP contribution in [0.25, 0.3) is 0 Å². The summed E-state index contributed by atoms with van der Waals surface area (Å²) in [5.41, 5.74) is 2.87. The molecule has 3 unspecified atom stereocenters. The maximum Gasteiger partial charge on any atom is 0.407 e. The van der Waals surface area contributed by atoms with Gasteiger partial charge in [0.25, 0.3) is 5.91 Å². The third-order valence-electron chi connectivity index (χ3n) is 8.68. The molecule has 250 valence electrons. The van der Waals surface area contributed by atoms with E-state index >= 15 is 0 Å². The maximum absolute atomic E-state index is 13.9. The van der Waals surface area contributed by atoms with Gasteiger partial charge in [0.2, 0.25) is 15.7 Å². The Labute approximate surface area is 266 Å². The Morgan fingerprint density at radius 2 is 1.65 bits per heavy atom. The van der Waals surface area contributed by atoms with Gasteiger partial charge in [-0.05, 0) is 62.1 Å². The van der Waals surface area contributed by atoms with Gasteiger partial charge in [0.1, 0.15) is 0 Å². The van der Waals surface area contributed by atoms with Crippen LogP contribution >= 0.6 is 11.6 Å². The molecule has 0 aliphatic heterocycles. The molecule has 17 heteroatoms. The smallest absolute Gasteiger partial charge is 0.407 e. The number of nitrogens with one attached hydrogen (secondary N) is 2. The number of fused-ring (bicyclic) bond motifs is 2. The van der Waals surface area contributed by atoms with Crippen LogP contribution in [0, 0.1) is 29.3 Å². The Morgan fingerprint density at radius 1 is 1.07 bits per heavy atom. The molecular formula is C29H31ClF3N3O9S. The van der Waals surface area contributed by atoms with Crippen molar-refractivity contribution < 1.29 is 55.7 Å². The molecule has 0 aromatic heterocycles. The topological polar surface area (TPSA) is 202 Å². The van der Waals surface area contributed by atoms with Gasteiger partial charge in [0, 0.05) is 29.8 Å². The first kappa shape index (κ1) is 35.1. The summed E-state index contributed by atoms with van der Waals surface area (Å²) in [6.07, 6.45) is -2.18. The van der Waals surface area contributed by atoms with Gasteiger partial charge in [-0.3, -0.25) is 14.4 Å². The van der Waals surface area contributed by atoms with E-state index in [2.05, 4.69) is 15.4 Å². The van der Waals surface area contributed by atoms with Crippen molar-refractivity contribution in [2.24, 2.45) is 17.6 Å². The zero-order valence-corrected chi connectivity index (χ0v) is 25.9. The highest BCUT2D eigenvalue weighted by molar-refractivity contribution is 7.92. The largest absolute Gasteiger partial charge is 0.453 e. The van der Waals surface area contributed by atoms with Crippen LogP contribution in [0.1, 0.15) is 55.3 Å². The molecule has 5 atom stereocenters. The summed E-state index contributed by atoms with van der Waals surface area (Å²) in [5, 5.41) is 27.2. The number of alkyl carbamates (subject to hydrolysis) is 1. The molecule has 2 aromatic carbocycles. The van der Waals surface area contributed by atoms with Crippen molar-refractivity contribution in [3.63, 3.8) is 0 Å². The van der Waals surface area contributed by atoms with E-state index in [0.29, 0.717) is 25.0 Å². The SMILES string of the molecule is COC(=O)N[C@@H](CC(N)=O)C(=O)CCC1(O)C2CC[C@H]1CC(O)(S(=O)(=O)c1cc(C(=O)Nc3cc(F)c(F)c(F)c3)ccc1Cl)C2. The van der Waals surface area contributed by atoms with E-state index in [1.165, 1.54) is 0 Å². The zero-order valence-electron chi connectivity index (χ0n) is 24.3. The second-order valence-electron chi connectivity index (χ2n) is 11.5. The van der Waals surface area contributed by atoms with Crippen LogP contribution in [0.5, 0.6) is 0 Å². The normalized spacial score (nSPS) is 24.6. The molecule has 2 aliphatic rings. The van der Waals surface area contributed by atoms with Crippen LogP contribution in [-0.2, 0) is 24.2 Å². The average molecular weight is 690 g/mol. The van der Waals surface area contributed by atoms with E-state index in [-0.39, 0.29) is 23.4 Å². The number of primary amides is 1. The van der Waals surface area contributed by atoms with E-state index in [1.54, 1.807) is 0 Å². The molecule has 2 bridgehead atoms. The quantitative estimate of drug-likeness (QED) is 0.220. The van der Waals surface area contributed by atoms with Crippen molar-refractivity contribution in [2.75, 3.05) is 12.4 Å². The summed E-state index contributed by atoms with van der Waals surface area (Å²) in [6, 6.07) is 2.87. The molecule has 0 saturated heterocycles. The standard InChI is InChI=1S/C29H31ClF3N3O9S/c1-45-27(40)36-21(11-24(34)38)22(37)6-7-29(42)15-3-4-16(29)13-28(41,12-15)46(43,44)23-8-14(2-5-18(23)30)26(39)35-17-9-19(31)25(33)20(32)10-17/h2,5,8-10,15-16,21,41-42H,3-4,6-7,11-13H2,1H3,(H2,34,38)(H,35,39)(H,36,40)/t15-,16?,21-,28?,29?/m0/s1. The molecule has 12 nitrogen and oxygen atoms in total.